The van der Waals surface area contributed by atoms with Crippen molar-refractivity contribution in [2.45, 2.75) is 56.7 Å². The van der Waals surface area contributed by atoms with Gasteiger partial charge in [-0.15, -0.1) is 0 Å². The second-order valence-electron chi connectivity index (χ2n) is 6.69. The quantitative estimate of drug-likeness (QED) is 0.769. The lowest BCUT2D eigenvalue weighted by Gasteiger charge is -2.38. The van der Waals surface area contributed by atoms with Crippen LogP contribution in [0.25, 0.3) is 0 Å². The number of piperidine rings is 1. The first-order chi connectivity index (χ1) is 9.94. The van der Waals surface area contributed by atoms with Crippen LogP contribution in [0, 0.1) is 5.92 Å². The third-order valence-corrected chi connectivity index (χ3v) is 5.80. The average Bonchev–Trinajstić information content (AvgIpc) is 3.06. The van der Waals surface area contributed by atoms with Gasteiger partial charge >= 0.3 is 0 Å². The monoisotopic (exact) mass is 315 g/mol. The summed E-state index contributed by atoms with van der Waals surface area (Å²) in [5, 5.41) is 3.51. The molecule has 21 heavy (non-hydrogen) atoms. The van der Waals surface area contributed by atoms with Gasteiger partial charge in [-0.1, -0.05) is 0 Å². The molecule has 3 aliphatic heterocycles. The molecule has 0 saturated carbocycles. The van der Waals surface area contributed by atoms with E-state index in [2.05, 4.69) is 10.0 Å². The Balaban J connectivity index is 1.64. The van der Waals surface area contributed by atoms with Crippen LogP contribution >= 0.6 is 0 Å². The minimum Gasteiger partial charge on any atom is -0.338 e. The van der Waals surface area contributed by atoms with Gasteiger partial charge in [-0.25, -0.2) is 13.1 Å². The van der Waals surface area contributed by atoms with Crippen LogP contribution in [0.1, 0.15) is 38.5 Å². The van der Waals surface area contributed by atoms with E-state index in [1.54, 1.807) is 0 Å². The minimum atomic E-state index is -3.20. The smallest absolute Gasteiger partial charge is 0.227 e. The molecule has 3 rings (SSSR count). The normalized spacial score (nSPS) is 36.1. The fourth-order valence-electron chi connectivity index (χ4n) is 4.06. The van der Waals surface area contributed by atoms with Gasteiger partial charge in [-0.2, -0.15) is 0 Å². The fraction of sp³-hybridized carbons (Fsp3) is 0.929. The van der Waals surface area contributed by atoms with Gasteiger partial charge in [-0.05, 0) is 38.5 Å². The molecule has 7 heteroatoms. The van der Waals surface area contributed by atoms with Crippen LogP contribution in [-0.4, -0.2) is 56.7 Å². The highest BCUT2D eigenvalue weighted by molar-refractivity contribution is 7.88. The number of rotatable bonds is 4. The van der Waals surface area contributed by atoms with Crippen LogP contribution in [0.4, 0.5) is 0 Å². The van der Waals surface area contributed by atoms with Crippen LogP contribution in [0.5, 0.6) is 0 Å². The van der Waals surface area contributed by atoms with E-state index >= 15 is 0 Å². The molecule has 0 aromatic carbocycles. The highest BCUT2D eigenvalue weighted by atomic mass is 32.2. The van der Waals surface area contributed by atoms with Gasteiger partial charge in [0, 0.05) is 31.2 Å². The maximum Gasteiger partial charge on any atom is 0.227 e. The van der Waals surface area contributed by atoms with Gasteiger partial charge in [0.05, 0.1) is 12.2 Å². The predicted molar refractivity (Wildman–Crippen MR) is 80.3 cm³/mol. The first kappa shape index (κ1) is 15.2. The molecule has 0 radical (unpaired) electrons. The summed E-state index contributed by atoms with van der Waals surface area (Å²) in [6.45, 7) is 1.11. The summed E-state index contributed by atoms with van der Waals surface area (Å²) in [6.07, 6.45) is 7.38. The first-order valence-electron chi connectivity index (χ1n) is 7.95. The molecule has 1 amide bonds. The van der Waals surface area contributed by atoms with Gasteiger partial charge in [0.2, 0.25) is 15.9 Å². The van der Waals surface area contributed by atoms with Gasteiger partial charge in [0.1, 0.15) is 0 Å². The Morgan fingerprint density at radius 1 is 1.29 bits per heavy atom. The van der Waals surface area contributed by atoms with E-state index in [1.807, 2.05) is 4.90 Å². The second-order valence-corrected chi connectivity index (χ2v) is 8.52. The molecular formula is C14H25N3O3S. The van der Waals surface area contributed by atoms with Crippen molar-refractivity contribution in [1.29, 1.82) is 0 Å². The topological polar surface area (TPSA) is 78.5 Å². The third kappa shape index (κ3) is 3.40. The molecule has 0 aliphatic carbocycles. The van der Waals surface area contributed by atoms with Crippen molar-refractivity contribution in [2.24, 2.45) is 5.92 Å². The molecule has 6 nitrogen and oxygen atoms in total. The Hall–Kier alpha value is -0.660. The molecule has 4 unspecified atom stereocenters. The molecule has 3 aliphatic rings. The number of carbonyl (C=O) groups excluding carboxylic acids is 1. The Morgan fingerprint density at radius 2 is 2.10 bits per heavy atom. The van der Waals surface area contributed by atoms with E-state index in [-0.39, 0.29) is 17.9 Å². The summed E-state index contributed by atoms with van der Waals surface area (Å²) in [6, 6.07) is 0.870. The molecule has 0 spiro atoms. The zero-order valence-electron chi connectivity index (χ0n) is 12.5. The molecular weight excluding hydrogens is 290 g/mol. The fourth-order valence-corrected chi connectivity index (χ4v) is 4.56. The molecule has 2 bridgehead atoms. The zero-order valence-corrected chi connectivity index (χ0v) is 13.4. The molecule has 3 fully saturated rings. The summed E-state index contributed by atoms with van der Waals surface area (Å²) in [5.41, 5.74) is 0. The molecule has 0 aromatic rings. The number of hydrogen-bond acceptors (Lipinski definition) is 4. The Labute approximate surface area is 126 Å². The van der Waals surface area contributed by atoms with Crippen molar-refractivity contribution in [1.82, 2.24) is 14.9 Å². The highest BCUT2D eigenvalue weighted by Gasteiger charge is 2.45. The lowest BCUT2D eigenvalue weighted by atomic mass is 9.87. The highest BCUT2D eigenvalue weighted by Crippen LogP contribution is 2.35. The van der Waals surface area contributed by atoms with E-state index in [9.17, 15) is 13.2 Å². The SMILES string of the molecule is CS(=O)(=O)NCC1CCCCN1C(=O)C1CC2CCC1N2. The molecule has 3 heterocycles. The lowest BCUT2D eigenvalue weighted by molar-refractivity contribution is -0.139. The lowest BCUT2D eigenvalue weighted by Crippen LogP contribution is -2.52. The van der Waals surface area contributed by atoms with Gasteiger partial charge in [-0.3, -0.25) is 4.79 Å². The van der Waals surface area contributed by atoms with E-state index < -0.39 is 10.0 Å². The maximum absolute atomic E-state index is 12.8. The van der Waals surface area contributed by atoms with Crippen LogP contribution in [0.15, 0.2) is 0 Å². The second kappa shape index (κ2) is 5.85. The van der Waals surface area contributed by atoms with E-state index in [4.69, 9.17) is 0 Å². The number of nitrogens with one attached hydrogen (secondary N) is 2. The van der Waals surface area contributed by atoms with Crippen molar-refractivity contribution < 1.29 is 13.2 Å². The summed E-state index contributed by atoms with van der Waals surface area (Å²) in [5.74, 6) is 0.331. The van der Waals surface area contributed by atoms with Gasteiger partial charge in [0.15, 0.2) is 0 Å². The minimum absolute atomic E-state index is 0.0140. The van der Waals surface area contributed by atoms with E-state index in [1.165, 1.54) is 12.7 Å². The van der Waals surface area contributed by atoms with Gasteiger partial charge < -0.3 is 10.2 Å². The first-order valence-corrected chi connectivity index (χ1v) is 9.84. The largest absolute Gasteiger partial charge is 0.338 e. The third-order valence-electron chi connectivity index (χ3n) is 5.11. The number of likely N-dealkylation sites (tertiary alicyclic amines) is 1. The number of nitrogens with zero attached hydrogens (tertiary/aromatic N) is 1. The molecule has 0 aromatic heterocycles. The van der Waals surface area contributed by atoms with Crippen molar-refractivity contribution >= 4 is 15.9 Å². The molecule has 3 saturated heterocycles. The Bertz CT molecular complexity index is 508. The standard InChI is InChI=1S/C14H25N3O3S/c1-21(19,20)15-9-11-4-2-3-7-17(11)14(18)12-8-10-5-6-13(12)16-10/h10-13,15-16H,2-9H2,1H3. The van der Waals surface area contributed by atoms with Crippen LogP contribution in [0.2, 0.25) is 0 Å². The summed E-state index contributed by atoms with van der Waals surface area (Å²) < 4.78 is 25.1. The number of sulfonamides is 1. The number of carbonyl (C=O) groups is 1. The van der Waals surface area contributed by atoms with Gasteiger partial charge in [0.25, 0.3) is 0 Å². The summed E-state index contributed by atoms with van der Waals surface area (Å²) >= 11 is 0. The van der Waals surface area contributed by atoms with Crippen molar-refractivity contribution in [3.05, 3.63) is 0 Å². The summed E-state index contributed by atoms with van der Waals surface area (Å²) in [4.78, 5) is 14.8. The average molecular weight is 315 g/mol. The van der Waals surface area contributed by atoms with Crippen LogP contribution < -0.4 is 10.0 Å². The van der Waals surface area contributed by atoms with Crippen molar-refractivity contribution in [3.63, 3.8) is 0 Å². The number of hydrogen-bond donors (Lipinski definition) is 2. The van der Waals surface area contributed by atoms with Crippen LogP contribution in [0.3, 0.4) is 0 Å². The zero-order chi connectivity index (χ0) is 15.0. The van der Waals surface area contributed by atoms with Crippen LogP contribution in [-0.2, 0) is 14.8 Å². The maximum atomic E-state index is 12.8. The molecule has 4 atom stereocenters. The molecule has 2 N–H and O–H groups in total. The van der Waals surface area contributed by atoms with E-state index in [0.29, 0.717) is 18.6 Å². The van der Waals surface area contributed by atoms with Crippen molar-refractivity contribution in [3.8, 4) is 0 Å². The Kier molecular flexibility index (Phi) is 4.25. The number of amides is 1. The Morgan fingerprint density at radius 3 is 2.71 bits per heavy atom. The summed E-state index contributed by atoms with van der Waals surface area (Å²) in [7, 11) is -3.20. The van der Waals surface area contributed by atoms with E-state index in [0.717, 1.165) is 38.6 Å². The van der Waals surface area contributed by atoms with Crippen molar-refractivity contribution in [2.75, 3.05) is 19.3 Å². The predicted octanol–water partition coefficient (Wildman–Crippen LogP) is 0.0572. The molecule has 120 valence electrons. The number of fused-ring (bicyclic) bond motifs is 2.